The Hall–Kier alpha value is -1.89. The molecule has 3 aromatic rings. The van der Waals surface area contributed by atoms with Crippen LogP contribution in [0.15, 0.2) is 47.1 Å². The van der Waals surface area contributed by atoms with Gasteiger partial charge in [0.1, 0.15) is 11.0 Å². The average Bonchev–Trinajstić information content (AvgIpc) is 2.90. The van der Waals surface area contributed by atoms with Crippen molar-refractivity contribution >= 4 is 50.9 Å². The van der Waals surface area contributed by atoms with Crippen molar-refractivity contribution in [1.29, 1.82) is 0 Å². The van der Waals surface area contributed by atoms with E-state index in [-0.39, 0.29) is 16.6 Å². The number of aromatic nitrogens is 3. The Morgan fingerprint density at radius 3 is 2.79 bits per heavy atom. The number of hydrogen-bond acceptors (Lipinski definition) is 3. The second-order valence-electron chi connectivity index (χ2n) is 5.01. The van der Waals surface area contributed by atoms with Crippen molar-refractivity contribution in [3.05, 3.63) is 68.5 Å². The Kier molecular flexibility index (Phi) is 4.89. The minimum Gasteiger partial charge on any atom is -0.306 e. The van der Waals surface area contributed by atoms with Crippen LogP contribution in [0.4, 0.5) is 5.82 Å². The predicted molar refractivity (Wildman–Crippen MR) is 98.2 cm³/mol. The molecule has 0 aliphatic carbocycles. The van der Waals surface area contributed by atoms with Crippen LogP contribution < -0.4 is 5.32 Å². The van der Waals surface area contributed by atoms with Gasteiger partial charge in [-0.05, 0) is 47.1 Å². The molecule has 8 heteroatoms. The van der Waals surface area contributed by atoms with E-state index in [0.29, 0.717) is 15.3 Å². The molecule has 0 fully saturated rings. The van der Waals surface area contributed by atoms with E-state index in [1.165, 1.54) is 6.20 Å². The molecule has 0 aliphatic rings. The van der Waals surface area contributed by atoms with Gasteiger partial charge in [0.15, 0.2) is 0 Å². The molecule has 0 saturated heterocycles. The molecule has 0 saturated carbocycles. The zero-order chi connectivity index (χ0) is 17.3. The van der Waals surface area contributed by atoms with Crippen molar-refractivity contribution in [2.24, 2.45) is 0 Å². The number of pyridine rings is 1. The normalized spacial score (nSPS) is 10.7. The zero-order valence-electron chi connectivity index (χ0n) is 12.4. The van der Waals surface area contributed by atoms with E-state index < -0.39 is 0 Å². The van der Waals surface area contributed by atoms with Gasteiger partial charge in [0.05, 0.1) is 16.9 Å². The summed E-state index contributed by atoms with van der Waals surface area (Å²) in [5.74, 6) is 0.132. The highest BCUT2D eigenvalue weighted by Gasteiger charge is 2.16. The van der Waals surface area contributed by atoms with Crippen LogP contribution in [-0.4, -0.2) is 20.7 Å². The van der Waals surface area contributed by atoms with Gasteiger partial charge >= 0.3 is 0 Å². The monoisotopic (exact) mass is 424 g/mol. The number of carbonyl (C=O) groups excluding carboxylic acids is 1. The summed E-state index contributed by atoms with van der Waals surface area (Å²) in [7, 11) is 0. The molecule has 5 nitrogen and oxygen atoms in total. The highest BCUT2D eigenvalue weighted by atomic mass is 79.9. The summed E-state index contributed by atoms with van der Waals surface area (Å²) in [6.45, 7) is 1.84. The summed E-state index contributed by atoms with van der Waals surface area (Å²) >= 11 is 15.3. The van der Waals surface area contributed by atoms with Crippen LogP contribution >= 0.6 is 39.1 Å². The van der Waals surface area contributed by atoms with Crippen molar-refractivity contribution in [1.82, 2.24) is 14.8 Å². The summed E-state index contributed by atoms with van der Waals surface area (Å²) < 4.78 is 2.27. The molecule has 1 N–H and O–H groups in total. The highest BCUT2D eigenvalue weighted by Crippen LogP contribution is 2.23. The Morgan fingerprint density at radius 2 is 2.04 bits per heavy atom. The third-order valence-corrected chi connectivity index (χ3v) is 4.15. The molecule has 122 valence electrons. The number of hydrogen-bond donors (Lipinski definition) is 1. The van der Waals surface area contributed by atoms with Crippen LogP contribution in [0.3, 0.4) is 0 Å². The summed E-state index contributed by atoms with van der Waals surface area (Å²) in [5, 5.41) is 7.91. The molecule has 2 heterocycles. The lowest BCUT2D eigenvalue weighted by Crippen LogP contribution is -2.16. The third-order valence-electron chi connectivity index (χ3n) is 3.18. The first-order valence-electron chi connectivity index (χ1n) is 6.89. The molecule has 0 atom stereocenters. The van der Waals surface area contributed by atoms with E-state index in [0.717, 1.165) is 11.4 Å². The molecular weight excluding hydrogens is 415 g/mol. The molecule has 0 bridgehead atoms. The summed E-state index contributed by atoms with van der Waals surface area (Å²) in [6.07, 6.45) is 1.53. The second kappa shape index (κ2) is 6.93. The first-order valence-corrected chi connectivity index (χ1v) is 8.44. The first kappa shape index (κ1) is 17.0. The Balaban J connectivity index is 1.96. The summed E-state index contributed by atoms with van der Waals surface area (Å²) in [5.41, 5.74) is 1.76. The number of aryl methyl sites for hydroxylation is 1. The Morgan fingerprint density at radius 1 is 1.25 bits per heavy atom. The van der Waals surface area contributed by atoms with E-state index in [9.17, 15) is 4.79 Å². The van der Waals surface area contributed by atoms with Crippen LogP contribution in [0.2, 0.25) is 10.2 Å². The number of anilines is 1. The van der Waals surface area contributed by atoms with Gasteiger partial charge in [-0.2, -0.15) is 5.10 Å². The fourth-order valence-electron chi connectivity index (χ4n) is 2.16. The van der Waals surface area contributed by atoms with Gasteiger partial charge in [-0.25, -0.2) is 9.67 Å². The Bertz CT molecular complexity index is 926. The predicted octanol–water partition coefficient (Wildman–Crippen LogP) is 4.90. The standard InChI is InChI=1S/C16H11BrCl2N4O/c1-9-5-14(23(22-9)12-4-2-3-11(18)7-12)21-16(24)13-6-10(17)8-20-15(13)19/h2-8H,1H3,(H,21,24). The number of amides is 1. The SMILES string of the molecule is Cc1cc(NC(=O)c2cc(Br)cnc2Cl)n(-c2cccc(Cl)c2)n1. The number of halogens is 3. The molecule has 0 radical (unpaired) electrons. The molecule has 2 aromatic heterocycles. The van der Waals surface area contributed by atoms with E-state index in [2.05, 4.69) is 31.3 Å². The number of benzene rings is 1. The number of carbonyl (C=O) groups is 1. The third kappa shape index (κ3) is 3.61. The van der Waals surface area contributed by atoms with Gasteiger partial charge in [-0.3, -0.25) is 4.79 Å². The minimum atomic E-state index is -0.378. The van der Waals surface area contributed by atoms with Crippen molar-refractivity contribution < 1.29 is 4.79 Å². The van der Waals surface area contributed by atoms with E-state index >= 15 is 0 Å². The zero-order valence-corrected chi connectivity index (χ0v) is 15.5. The molecule has 1 amide bonds. The fourth-order valence-corrected chi connectivity index (χ4v) is 2.86. The molecule has 1 aromatic carbocycles. The van der Waals surface area contributed by atoms with Gasteiger partial charge in [-0.15, -0.1) is 0 Å². The fraction of sp³-hybridized carbons (Fsp3) is 0.0625. The van der Waals surface area contributed by atoms with E-state index in [1.807, 2.05) is 19.1 Å². The average molecular weight is 426 g/mol. The van der Waals surface area contributed by atoms with Gasteiger partial charge in [0.25, 0.3) is 5.91 Å². The van der Waals surface area contributed by atoms with E-state index in [4.69, 9.17) is 23.2 Å². The van der Waals surface area contributed by atoms with Crippen LogP contribution in [-0.2, 0) is 0 Å². The van der Waals surface area contributed by atoms with Crippen LogP contribution in [0.5, 0.6) is 0 Å². The first-order chi connectivity index (χ1) is 11.4. The highest BCUT2D eigenvalue weighted by molar-refractivity contribution is 9.10. The maximum Gasteiger partial charge on any atom is 0.259 e. The molecule has 0 aliphatic heterocycles. The molecule has 3 rings (SSSR count). The van der Waals surface area contributed by atoms with Crippen molar-refractivity contribution in [3.63, 3.8) is 0 Å². The van der Waals surface area contributed by atoms with Crippen molar-refractivity contribution in [2.45, 2.75) is 6.92 Å². The van der Waals surface area contributed by atoms with Crippen molar-refractivity contribution in [2.75, 3.05) is 5.32 Å². The smallest absolute Gasteiger partial charge is 0.259 e. The van der Waals surface area contributed by atoms with Crippen molar-refractivity contribution in [3.8, 4) is 5.69 Å². The maximum atomic E-state index is 12.5. The lowest BCUT2D eigenvalue weighted by molar-refractivity contribution is 0.102. The lowest BCUT2D eigenvalue weighted by atomic mass is 10.2. The van der Waals surface area contributed by atoms with E-state index in [1.54, 1.807) is 28.9 Å². The van der Waals surface area contributed by atoms with Gasteiger partial charge in [0.2, 0.25) is 0 Å². The number of nitrogens with one attached hydrogen (secondary N) is 1. The summed E-state index contributed by atoms with van der Waals surface area (Å²) in [4.78, 5) is 16.5. The van der Waals surface area contributed by atoms with Crippen LogP contribution in [0.1, 0.15) is 16.1 Å². The maximum absolute atomic E-state index is 12.5. The molecule has 0 spiro atoms. The van der Waals surface area contributed by atoms with Gasteiger partial charge in [-0.1, -0.05) is 29.3 Å². The molecule has 0 unspecified atom stereocenters. The topological polar surface area (TPSA) is 59.8 Å². The van der Waals surface area contributed by atoms with Gasteiger partial charge in [0, 0.05) is 21.8 Å². The van der Waals surface area contributed by atoms with Crippen LogP contribution in [0, 0.1) is 6.92 Å². The number of nitrogens with zero attached hydrogens (tertiary/aromatic N) is 3. The minimum absolute atomic E-state index is 0.126. The quantitative estimate of drug-likeness (QED) is 0.607. The largest absolute Gasteiger partial charge is 0.306 e. The second-order valence-corrected chi connectivity index (χ2v) is 6.72. The molecule has 24 heavy (non-hydrogen) atoms. The van der Waals surface area contributed by atoms with Gasteiger partial charge < -0.3 is 5.32 Å². The summed E-state index contributed by atoms with van der Waals surface area (Å²) in [6, 6.07) is 10.6. The number of rotatable bonds is 3. The lowest BCUT2D eigenvalue weighted by Gasteiger charge is -2.10. The molecular formula is C16H11BrCl2N4O. The Labute approximate surface area is 156 Å². The van der Waals surface area contributed by atoms with Crippen LogP contribution in [0.25, 0.3) is 5.69 Å².